The average Bonchev–Trinajstić information content (AvgIpc) is 2.89. The van der Waals surface area contributed by atoms with Gasteiger partial charge in [0.25, 0.3) is 0 Å². The lowest BCUT2D eigenvalue weighted by Gasteiger charge is -2.16. The highest BCUT2D eigenvalue weighted by atomic mass is 15.2. The molecule has 3 heterocycles. The Hall–Kier alpha value is -2.04. The second kappa shape index (κ2) is 4.68. The molecule has 0 spiro atoms. The van der Waals surface area contributed by atoms with Gasteiger partial charge < -0.3 is 4.90 Å². The van der Waals surface area contributed by atoms with E-state index in [1.165, 1.54) is 0 Å². The Morgan fingerprint density at radius 3 is 2.94 bits per heavy atom. The molecule has 1 saturated heterocycles. The zero-order valence-corrected chi connectivity index (χ0v) is 10.3. The molecule has 0 aromatic carbocycles. The van der Waals surface area contributed by atoms with Gasteiger partial charge in [-0.25, -0.2) is 19.9 Å². The summed E-state index contributed by atoms with van der Waals surface area (Å²) >= 11 is 0. The van der Waals surface area contributed by atoms with E-state index in [9.17, 15) is 0 Å². The standard InChI is InChI=1S/C13H15N5/c1-10-2-6-15-13(17-10)11-4-7-18(8-11)12-3-5-14-9-16-12/h2-3,5-6,9,11H,4,7-8H2,1H3/t11-/m0/s1. The zero-order chi connectivity index (χ0) is 12.4. The molecule has 1 fully saturated rings. The summed E-state index contributed by atoms with van der Waals surface area (Å²) in [7, 11) is 0. The number of rotatable bonds is 2. The van der Waals surface area contributed by atoms with Gasteiger partial charge in [-0.1, -0.05) is 0 Å². The van der Waals surface area contributed by atoms with Gasteiger partial charge in [0.05, 0.1) is 0 Å². The Kier molecular flexibility index (Phi) is 2.88. The monoisotopic (exact) mass is 241 g/mol. The highest BCUT2D eigenvalue weighted by molar-refractivity contribution is 5.39. The summed E-state index contributed by atoms with van der Waals surface area (Å²) in [6, 6.07) is 3.88. The molecule has 0 amide bonds. The van der Waals surface area contributed by atoms with Gasteiger partial charge in [-0.2, -0.15) is 0 Å². The van der Waals surface area contributed by atoms with Gasteiger partial charge >= 0.3 is 0 Å². The second-order valence-electron chi connectivity index (χ2n) is 4.56. The summed E-state index contributed by atoms with van der Waals surface area (Å²) in [5, 5.41) is 0. The molecule has 5 nitrogen and oxygen atoms in total. The van der Waals surface area contributed by atoms with Crippen LogP contribution in [0.25, 0.3) is 0 Å². The van der Waals surface area contributed by atoms with Crippen molar-refractivity contribution in [3.63, 3.8) is 0 Å². The van der Waals surface area contributed by atoms with Crippen molar-refractivity contribution in [2.75, 3.05) is 18.0 Å². The van der Waals surface area contributed by atoms with Gasteiger partial charge in [-0.05, 0) is 25.5 Å². The van der Waals surface area contributed by atoms with Crippen LogP contribution in [0.15, 0.2) is 30.9 Å². The van der Waals surface area contributed by atoms with Crippen LogP contribution in [0, 0.1) is 6.92 Å². The molecule has 0 aliphatic carbocycles. The maximum Gasteiger partial charge on any atom is 0.133 e. The van der Waals surface area contributed by atoms with Crippen LogP contribution in [-0.2, 0) is 0 Å². The number of aromatic nitrogens is 4. The molecule has 0 bridgehead atoms. The Labute approximate surface area is 106 Å². The predicted molar refractivity (Wildman–Crippen MR) is 68.4 cm³/mol. The lowest BCUT2D eigenvalue weighted by Crippen LogP contribution is -2.20. The first-order valence-electron chi connectivity index (χ1n) is 6.13. The molecule has 2 aromatic heterocycles. The molecule has 0 saturated carbocycles. The van der Waals surface area contributed by atoms with E-state index in [2.05, 4.69) is 24.8 Å². The van der Waals surface area contributed by atoms with Gasteiger partial charge in [0.2, 0.25) is 0 Å². The average molecular weight is 241 g/mol. The molecule has 1 aliphatic heterocycles. The quantitative estimate of drug-likeness (QED) is 0.798. The van der Waals surface area contributed by atoms with Gasteiger partial charge in [0.1, 0.15) is 18.0 Å². The minimum Gasteiger partial charge on any atom is -0.356 e. The fourth-order valence-corrected chi connectivity index (χ4v) is 2.31. The number of hydrogen-bond acceptors (Lipinski definition) is 5. The molecule has 0 radical (unpaired) electrons. The first kappa shape index (κ1) is 11.1. The van der Waals surface area contributed by atoms with Crippen molar-refractivity contribution in [2.24, 2.45) is 0 Å². The van der Waals surface area contributed by atoms with E-state index < -0.39 is 0 Å². The van der Waals surface area contributed by atoms with E-state index in [1.807, 2.05) is 25.3 Å². The van der Waals surface area contributed by atoms with E-state index in [0.717, 1.165) is 36.8 Å². The maximum atomic E-state index is 4.51. The van der Waals surface area contributed by atoms with Crippen LogP contribution in [0.3, 0.4) is 0 Å². The number of nitrogens with zero attached hydrogens (tertiary/aromatic N) is 5. The third kappa shape index (κ3) is 2.16. The summed E-state index contributed by atoms with van der Waals surface area (Å²) in [5.41, 5.74) is 1.03. The van der Waals surface area contributed by atoms with Crippen molar-refractivity contribution in [3.05, 3.63) is 42.4 Å². The van der Waals surface area contributed by atoms with Crippen molar-refractivity contribution in [1.29, 1.82) is 0 Å². The van der Waals surface area contributed by atoms with Gasteiger partial charge in [0, 0.05) is 37.1 Å². The molecule has 2 aromatic rings. The van der Waals surface area contributed by atoms with Crippen LogP contribution in [0.5, 0.6) is 0 Å². The molecule has 0 unspecified atom stereocenters. The fraction of sp³-hybridized carbons (Fsp3) is 0.385. The molecule has 0 N–H and O–H groups in total. The van der Waals surface area contributed by atoms with Crippen LogP contribution >= 0.6 is 0 Å². The van der Waals surface area contributed by atoms with Crippen LogP contribution in [0.4, 0.5) is 5.82 Å². The summed E-state index contributed by atoms with van der Waals surface area (Å²) in [5.74, 6) is 2.34. The van der Waals surface area contributed by atoms with Crippen molar-refractivity contribution in [3.8, 4) is 0 Å². The smallest absolute Gasteiger partial charge is 0.133 e. The van der Waals surface area contributed by atoms with Gasteiger partial charge in [0.15, 0.2) is 0 Å². The number of hydrogen-bond donors (Lipinski definition) is 0. The minimum absolute atomic E-state index is 0.403. The Morgan fingerprint density at radius 1 is 1.22 bits per heavy atom. The third-order valence-electron chi connectivity index (χ3n) is 3.26. The summed E-state index contributed by atoms with van der Waals surface area (Å²) in [6.45, 7) is 3.93. The predicted octanol–water partition coefficient (Wildman–Crippen LogP) is 1.57. The lowest BCUT2D eigenvalue weighted by atomic mass is 10.1. The van der Waals surface area contributed by atoms with Crippen LogP contribution in [0.2, 0.25) is 0 Å². The summed E-state index contributed by atoms with van der Waals surface area (Å²) in [4.78, 5) is 19.4. The second-order valence-corrected chi connectivity index (χ2v) is 4.56. The molecule has 3 rings (SSSR count). The van der Waals surface area contributed by atoms with E-state index >= 15 is 0 Å². The van der Waals surface area contributed by atoms with Crippen molar-refractivity contribution in [2.45, 2.75) is 19.3 Å². The Bertz CT molecular complexity index is 528. The van der Waals surface area contributed by atoms with Crippen molar-refractivity contribution in [1.82, 2.24) is 19.9 Å². The molecule has 18 heavy (non-hydrogen) atoms. The topological polar surface area (TPSA) is 54.8 Å². The summed E-state index contributed by atoms with van der Waals surface area (Å²) < 4.78 is 0. The molecule has 5 heteroatoms. The maximum absolute atomic E-state index is 4.51. The largest absolute Gasteiger partial charge is 0.356 e. The molecule has 92 valence electrons. The summed E-state index contributed by atoms with van der Waals surface area (Å²) in [6.07, 6.45) is 6.28. The molecule has 1 aliphatic rings. The molecular formula is C13H15N5. The van der Waals surface area contributed by atoms with Crippen LogP contribution < -0.4 is 4.90 Å². The van der Waals surface area contributed by atoms with Crippen LogP contribution in [0.1, 0.15) is 23.9 Å². The first-order valence-corrected chi connectivity index (χ1v) is 6.13. The molecule has 1 atom stereocenters. The highest BCUT2D eigenvalue weighted by Gasteiger charge is 2.26. The highest BCUT2D eigenvalue weighted by Crippen LogP contribution is 2.27. The van der Waals surface area contributed by atoms with Crippen LogP contribution in [-0.4, -0.2) is 33.0 Å². The van der Waals surface area contributed by atoms with Crippen molar-refractivity contribution < 1.29 is 0 Å². The van der Waals surface area contributed by atoms with E-state index in [-0.39, 0.29) is 0 Å². The van der Waals surface area contributed by atoms with E-state index in [1.54, 1.807) is 12.5 Å². The normalized spacial score (nSPS) is 19.2. The van der Waals surface area contributed by atoms with E-state index in [4.69, 9.17) is 0 Å². The van der Waals surface area contributed by atoms with Gasteiger partial charge in [-0.3, -0.25) is 0 Å². The third-order valence-corrected chi connectivity index (χ3v) is 3.26. The molecular weight excluding hydrogens is 226 g/mol. The zero-order valence-electron chi connectivity index (χ0n) is 10.3. The first-order chi connectivity index (χ1) is 8.83. The van der Waals surface area contributed by atoms with Gasteiger partial charge in [-0.15, -0.1) is 0 Å². The number of anilines is 1. The number of aryl methyl sites for hydroxylation is 1. The Morgan fingerprint density at radius 2 is 2.17 bits per heavy atom. The van der Waals surface area contributed by atoms with E-state index in [0.29, 0.717) is 5.92 Å². The van der Waals surface area contributed by atoms with Crippen molar-refractivity contribution >= 4 is 5.82 Å². The minimum atomic E-state index is 0.403. The Balaban J connectivity index is 1.76. The fourth-order valence-electron chi connectivity index (χ4n) is 2.31. The lowest BCUT2D eigenvalue weighted by molar-refractivity contribution is 0.703. The SMILES string of the molecule is Cc1ccnc([C@H]2CCN(c3ccncn3)C2)n1.